The van der Waals surface area contributed by atoms with E-state index in [0.29, 0.717) is 147 Å². The van der Waals surface area contributed by atoms with E-state index in [1.54, 1.807) is 0 Å². The molecule has 14 rings (SSSR count). The van der Waals surface area contributed by atoms with Gasteiger partial charge in [0, 0.05) is 47.0 Å². The summed E-state index contributed by atoms with van der Waals surface area (Å²) in [6, 6.07) is 73.7. The second-order valence-corrected chi connectivity index (χ2v) is 105. The molecular formula is C92H136Cl8O16Si16. The van der Waals surface area contributed by atoms with Gasteiger partial charge in [-0.15, -0.1) is 92.8 Å². The molecule has 0 aromatic heterocycles. The first-order valence-corrected chi connectivity index (χ1v) is 91.2. The molecule has 0 N–H and O–H groups in total. The van der Waals surface area contributed by atoms with Gasteiger partial charge in [-0.25, -0.2) is 0 Å². The van der Waals surface area contributed by atoms with Gasteiger partial charge >= 0.3 is 70.4 Å². The zero-order valence-electron chi connectivity index (χ0n) is 79.8. The van der Waals surface area contributed by atoms with Crippen molar-refractivity contribution in [3.8, 4) is 0 Å². The first kappa shape index (κ1) is 108. The van der Waals surface area contributed by atoms with Crippen LogP contribution in [0.2, 0.25) is 176 Å². The normalized spacial score (nSPS) is 24.3. The SMILES string of the molecule is C[Si](C)(CCc1ccc(CCl)cc1)O[Si]12C[Si]3(O[Si](C)(C)CCc4ccc(CCl)cc4)O[Si]4(O[Si](C)(C)CCc5ccc(CCl)cc5)C[Si]5(O[Si](C)(C)CCc6ccc(CCl)cc6)O[Si](O[Si](C)(C)CCc6ccc(CCl)cc6)(C[Si](O[Si](C)(C)CCc6ccc(CCl)cc6)(O1)O4)O[Si](O[Si](C)(C)CCc1ccc(CCl)cc1)(C[Si](O[Si](C)(C)CCc1ccc(CCl)cc1)(O3)O5)O2. The molecule has 0 saturated carbocycles. The summed E-state index contributed by atoms with van der Waals surface area (Å²) in [5.74, 6) is 3.17. The smallest absolute Gasteiger partial charge is 0.416 e. The molecule has 720 valence electrons. The maximum absolute atomic E-state index is 9.16. The van der Waals surface area contributed by atoms with Gasteiger partial charge in [-0.2, -0.15) is 0 Å². The van der Waals surface area contributed by atoms with Crippen molar-refractivity contribution in [3.63, 3.8) is 0 Å². The number of benzene rings is 8. The second-order valence-electron chi connectivity index (χ2n) is 41.5. The highest BCUT2D eigenvalue weighted by molar-refractivity contribution is 7.13. The highest BCUT2D eigenvalue weighted by atomic mass is 35.5. The highest BCUT2D eigenvalue weighted by Gasteiger charge is 2.87. The van der Waals surface area contributed by atoms with Gasteiger partial charge in [0.25, 0.3) is 0 Å². The van der Waals surface area contributed by atoms with Gasteiger partial charge in [0.2, 0.25) is 0 Å². The lowest BCUT2D eigenvalue weighted by Gasteiger charge is -2.64. The van der Waals surface area contributed by atoms with Crippen LogP contribution in [0.15, 0.2) is 194 Å². The fraction of sp³-hybridized carbons (Fsp3) is 0.478. The van der Waals surface area contributed by atoms with Crippen LogP contribution in [0.3, 0.4) is 0 Å². The van der Waals surface area contributed by atoms with E-state index in [0.717, 1.165) is 89.0 Å². The zero-order valence-corrected chi connectivity index (χ0v) is 102. The summed E-state index contributed by atoms with van der Waals surface area (Å²) in [6.45, 7) is 36.5. The minimum Gasteiger partial charge on any atom is -0.416 e. The van der Waals surface area contributed by atoms with Gasteiger partial charge in [0.05, 0.1) is 22.7 Å². The third-order valence-electron chi connectivity index (χ3n) is 25.2. The number of hydrogen-bond donors (Lipinski definition) is 0. The maximum atomic E-state index is 9.16. The molecule has 6 aliphatic rings. The zero-order chi connectivity index (χ0) is 95.0. The summed E-state index contributed by atoms with van der Waals surface area (Å²) in [4.78, 5) is 0. The Bertz CT molecular complexity index is 4060. The van der Waals surface area contributed by atoms with Crippen LogP contribution in [0, 0.1) is 0 Å². The third kappa shape index (κ3) is 30.5. The molecule has 0 atom stereocenters. The summed E-state index contributed by atoms with van der Waals surface area (Å²) >= 11 is 52.2. The Hall–Kier alpha value is -1.09. The van der Waals surface area contributed by atoms with E-state index in [1.165, 1.54) is 0 Å². The van der Waals surface area contributed by atoms with Gasteiger partial charge in [0.15, 0.2) is 66.5 Å². The van der Waals surface area contributed by atoms with E-state index in [1.807, 2.05) is 0 Å². The molecule has 6 fully saturated rings. The molecule has 0 unspecified atom stereocenters. The molecule has 0 radical (unpaired) electrons. The molecule has 16 nitrogen and oxygen atoms in total. The van der Waals surface area contributed by atoms with E-state index >= 15 is 0 Å². The lowest BCUT2D eigenvalue weighted by Crippen LogP contribution is -2.90. The molecule has 0 spiro atoms. The van der Waals surface area contributed by atoms with E-state index in [4.69, 9.17) is 159 Å². The van der Waals surface area contributed by atoms with Gasteiger partial charge in [-0.3, -0.25) is 0 Å². The predicted molar refractivity (Wildman–Crippen MR) is 579 cm³/mol. The molecule has 8 aromatic carbocycles. The highest BCUT2D eigenvalue weighted by Crippen LogP contribution is 2.59. The summed E-state index contributed by atoms with van der Waals surface area (Å²) in [7, 11) is -66.1. The Morgan fingerprint density at radius 3 is 0.333 bits per heavy atom. The molecule has 6 heterocycles. The minimum absolute atomic E-state index is 0.130. The molecule has 6 aliphatic heterocycles. The number of alkyl halides is 8. The van der Waals surface area contributed by atoms with Crippen molar-refractivity contribution in [2.75, 3.05) is 0 Å². The van der Waals surface area contributed by atoms with Crippen molar-refractivity contribution in [2.24, 2.45) is 0 Å². The van der Waals surface area contributed by atoms with Gasteiger partial charge in [-0.05, 0) is 293 Å². The average molecular weight is 2230 g/mol. The van der Waals surface area contributed by atoms with Crippen molar-refractivity contribution in [2.45, 2.75) is 274 Å². The van der Waals surface area contributed by atoms with Crippen LogP contribution < -0.4 is 0 Å². The van der Waals surface area contributed by atoms with Gasteiger partial charge < -0.3 is 65.8 Å². The first-order chi connectivity index (χ1) is 62.2. The van der Waals surface area contributed by atoms with Crippen molar-refractivity contribution >= 4 is 230 Å². The quantitative estimate of drug-likeness (QED) is 0.0263. The number of halogens is 8. The van der Waals surface area contributed by atoms with Crippen LogP contribution in [0.5, 0.6) is 0 Å². The summed E-state index contributed by atoms with van der Waals surface area (Å²) in [5, 5.41) is 0. The van der Waals surface area contributed by atoms with E-state index in [-0.39, 0.29) is 22.7 Å². The molecule has 6 saturated heterocycles. The van der Waals surface area contributed by atoms with Crippen LogP contribution in [0.1, 0.15) is 89.0 Å². The molecule has 0 amide bonds. The fourth-order valence-corrected chi connectivity index (χ4v) is 116. The lowest BCUT2D eigenvalue weighted by molar-refractivity contribution is 0.0355. The second kappa shape index (κ2) is 45.0. The fourth-order valence-electron chi connectivity index (χ4n) is 18.0. The third-order valence-corrected chi connectivity index (χ3v) is 101. The first-order valence-electron chi connectivity index (χ1n) is 46.6. The van der Waals surface area contributed by atoms with Crippen LogP contribution >= 0.6 is 92.8 Å². The Balaban J connectivity index is 1.13. The molecular weight excluding hydrogens is 2090 g/mol. The topological polar surface area (TPSA) is 148 Å². The summed E-state index contributed by atoms with van der Waals surface area (Å²) < 4.78 is 143. The molecule has 40 heteroatoms. The van der Waals surface area contributed by atoms with Crippen LogP contribution in [-0.4, -0.2) is 137 Å². The van der Waals surface area contributed by atoms with Gasteiger partial charge in [0.1, 0.15) is 0 Å². The molecule has 8 aromatic rings. The number of hydrogen-bond acceptors (Lipinski definition) is 16. The molecule has 132 heavy (non-hydrogen) atoms. The van der Waals surface area contributed by atoms with E-state index < -0.39 is 137 Å². The molecule has 0 aliphatic carbocycles. The summed E-state index contributed by atoms with van der Waals surface area (Å²) in [5.41, 5.74) is 16.9. The van der Waals surface area contributed by atoms with Crippen LogP contribution in [-0.2, 0) is 164 Å². The van der Waals surface area contributed by atoms with E-state index in [2.05, 4.69) is 299 Å². The Morgan fingerprint density at radius 1 is 0.167 bits per heavy atom. The van der Waals surface area contributed by atoms with Crippen LogP contribution in [0.25, 0.3) is 0 Å². The number of rotatable bonds is 48. The lowest BCUT2D eigenvalue weighted by atomic mass is 10.1. The predicted octanol–water partition coefficient (Wildman–Crippen LogP) is 27.5. The molecule has 8 bridgehead atoms. The monoisotopic (exact) mass is 2220 g/mol. The average Bonchev–Trinajstić information content (AvgIpc) is 0.675. The van der Waals surface area contributed by atoms with E-state index in [9.17, 15) is 0 Å². The number of aryl methyl sites for hydroxylation is 8. The van der Waals surface area contributed by atoms with Crippen molar-refractivity contribution in [1.82, 2.24) is 0 Å². The Labute approximate surface area is 844 Å². The van der Waals surface area contributed by atoms with Crippen molar-refractivity contribution in [3.05, 3.63) is 283 Å². The maximum Gasteiger partial charge on any atom is 0.480 e. The minimum atomic E-state index is -4.98. The summed E-state index contributed by atoms with van der Waals surface area (Å²) in [6.07, 6.45) is 5.35. The van der Waals surface area contributed by atoms with Gasteiger partial charge in [-0.1, -0.05) is 194 Å². The largest absolute Gasteiger partial charge is 0.480 e. The van der Waals surface area contributed by atoms with Crippen molar-refractivity contribution < 1.29 is 65.8 Å². The van der Waals surface area contributed by atoms with Crippen LogP contribution in [0.4, 0.5) is 0 Å². The standard InChI is InChI=1S/C92H136Cl8O16Si16/c1-117(2,57-49-77-17-33-85(65-93)34-18-77)101-125-73-126(102-118(3,4)58-50-78-19-35-86(66-94)36-20-78)110-129(105-121(9,10)61-53-81-25-41-89(69-97)42-26-81)74-127(109-125,103-119(5,6)59-51-79-21-37-87(67-95)38-22-79)115-130(106-122(11,12)62-54-82-27-43-90(70-98)44-28-82)75-128(113-125,104-120(7,8)60-52-80-23-39-88(68-96)40-24-80)111-131(114-126,107-123(13,14)63-55-83-29-45-91(71-99)46-30-83)76-132(112-130,116-129)108-124(15,16)64-56-84-31-47-92(72-100)48-32-84/h17-48H,49-76H2,1-16H3. The van der Waals surface area contributed by atoms with Crippen molar-refractivity contribution in [1.29, 1.82) is 0 Å². The Morgan fingerprint density at radius 2 is 0.250 bits per heavy atom. The Kier molecular flexibility index (Phi) is 36.9.